The minimum absolute atomic E-state index is 1.13. The van der Waals surface area contributed by atoms with Crippen LogP contribution in [0.5, 0.6) is 0 Å². The lowest BCUT2D eigenvalue weighted by Crippen LogP contribution is -2.09. The first kappa shape index (κ1) is 22.6. The summed E-state index contributed by atoms with van der Waals surface area (Å²) in [6, 6.07) is 42.5. The normalized spacial score (nSPS) is 11.3. The van der Waals surface area contributed by atoms with Gasteiger partial charge in [-0.2, -0.15) is 0 Å². The van der Waals surface area contributed by atoms with Gasteiger partial charge in [0.25, 0.3) is 0 Å². The molecule has 0 spiro atoms. The Labute approximate surface area is 212 Å². The van der Waals surface area contributed by atoms with Crippen molar-refractivity contribution >= 4 is 52.7 Å². The molecule has 35 heavy (non-hydrogen) atoms. The fourth-order valence-corrected chi connectivity index (χ4v) is 4.83. The van der Waals surface area contributed by atoms with Gasteiger partial charge in [-0.25, -0.2) is 0 Å². The van der Waals surface area contributed by atoms with E-state index in [4.69, 9.17) is 0 Å². The summed E-state index contributed by atoms with van der Waals surface area (Å²) < 4.78 is 0. The van der Waals surface area contributed by atoms with Gasteiger partial charge in [-0.15, -0.1) is 11.3 Å². The molecule has 1 heterocycles. The van der Waals surface area contributed by atoms with E-state index in [2.05, 4.69) is 157 Å². The van der Waals surface area contributed by atoms with Crippen LogP contribution in [0.25, 0.3) is 24.3 Å². The molecular weight excluding hydrogens is 442 g/mol. The van der Waals surface area contributed by atoms with Gasteiger partial charge in [0.05, 0.1) is 0 Å². The highest BCUT2D eigenvalue weighted by molar-refractivity contribution is 7.12. The summed E-state index contributed by atoms with van der Waals surface area (Å²) in [6.07, 6.45) is 8.77. The zero-order valence-corrected chi connectivity index (χ0v) is 20.5. The van der Waals surface area contributed by atoms with E-state index < -0.39 is 0 Å². The number of anilines is 3. The minimum atomic E-state index is 1.13. The number of hydrogen-bond donors (Lipinski definition) is 0. The van der Waals surface area contributed by atoms with Crippen LogP contribution >= 0.6 is 11.3 Å². The average Bonchev–Trinajstić information content (AvgIpc) is 3.34. The quantitative estimate of drug-likeness (QED) is 0.214. The number of rotatable bonds is 7. The lowest BCUT2D eigenvalue weighted by atomic mass is 10.0. The third-order valence-electron chi connectivity index (χ3n) is 5.82. The number of thiophene rings is 1. The van der Waals surface area contributed by atoms with Gasteiger partial charge < -0.3 is 4.90 Å². The number of benzene rings is 4. The monoisotopic (exact) mass is 469 g/mol. The highest BCUT2D eigenvalue weighted by atomic mass is 32.1. The molecule has 1 aromatic heterocycles. The fraction of sp³-hybridized carbons (Fsp3) is 0.0303. The minimum Gasteiger partial charge on any atom is -0.311 e. The number of para-hydroxylation sites is 2. The van der Waals surface area contributed by atoms with Crippen LogP contribution < -0.4 is 4.90 Å². The molecule has 1 nitrogen and oxygen atoms in total. The Morgan fingerprint density at radius 1 is 0.486 bits per heavy atom. The van der Waals surface area contributed by atoms with Crippen LogP contribution in [-0.4, -0.2) is 0 Å². The summed E-state index contributed by atoms with van der Waals surface area (Å²) in [5.41, 5.74) is 7.01. The average molecular weight is 470 g/mol. The molecular formula is C33H27NS. The van der Waals surface area contributed by atoms with E-state index in [0.717, 1.165) is 17.1 Å². The van der Waals surface area contributed by atoms with Gasteiger partial charge in [-0.3, -0.25) is 0 Å². The maximum absolute atomic E-state index is 2.28. The van der Waals surface area contributed by atoms with Crippen molar-refractivity contribution in [1.29, 1.82) is 0 Å². The van der Waals surface area contributed by atoms with Crippen molar-refractivity contribution in [2.75, 3.05) is 4.90 Å². The first-order valence-corrected chi connectivity index (χ1v) is 12.6. The van der Waals surface area contributed by atoms with Crippen molar-refractivity contribution in [3.8, 4) is 0 Å². The van der Waals surface area contributed by atoms with Crippen LogP contribution in [-0.2, 0) is 0 Å². The summed E-state index contributed by atoms with van der Waals surface area (Å²) in [5.74, 6) is 0. The summed E-state index contributed by atoms with van der Waals surface area (Å²) in [6.45, 7) is 2.14. The molecule has 0 fully saturated rings. The van der Waals surface area contributed by atoms with Gasteiger partial charge in [-0.05, 0) is 78.2 Å². The molecule has 0 aliphatic carbocycles. The van der Waals surface area contributed by atoms with Crippen molar-refractivity contribution < 1.29 is 0 Å². The predicted molar refractivity (Wildman–Crippen MR) is 154 cm³/mol. The smallest absolute Gasteiger partial charge is 0.0462 e. The molecule has 2 heteroatoms. The molecule has 0 saturated carbocycles. The first-order chi connectivity index (χ1) is 17.3. The first-order valence-electron chi connectivity index (χ1n) is 11.8. The Balaban J connectivity index is 1.39. The highest BCUT2D eigenvalue weighted by Gasteiger charge is 2.11. The lowest BCUT2D eigenvalue weighted by Gasteiger charge is -2.25. The topological polar surface area (TPSA) is 3.24 Å². The fourth-order valence-electron chi connectivity index (χ4n) is 4.05. The molecule has 0 amide bonds. The summed E-state index contributed by atoms with van der Waals surface area (Å²) in [7, 11) is 0. The second-order valence-corrected chi connectivity index (χ2v) is 9.66. The van der Waals surface area contributed by atoms with Gasteiger partial charge in [0, 0.05) is 26.8 Å². The van der Waals surface area contributed by atoms with Crippen LogP contribution in [0.4, 0.5) is 17.1 Å². The standard InChI is InChI=1S/C33H27NS/c1-26-16-24-33(35-26)25-21-29-11-9-8-10-28(29)20-17-27-18-22-32(23-19-27)34(30-12-4-2-5-13-30)31-14-6-3-7-15-31/h2-25H,1H3/b20-17+,25-21+. The van der Waals surface area contributed by atoms with Crippen molar-refractivity contribution in [2.45, 2.75) is 6.92 Å². The summed E-state index contributed by atoms with van der Waals surface area (Å²) >= 11 is 1.81. The molecule has 0 bridgehead atoms. The van der Waals surface area contributed by atoms with Gasteiger partial charge in [0.1, 0.15) is 0 Å². The van der Waals surface area contributed by atoms with Crippen LogP contribution in [0, 0.1) is 6.92 Å². The van der Waals surface area contributed by atoms with Crippen molar-refractivity contribution in [2.24, 2.45) is 0 Å². The van der Waals surface area contributed by atoms with Crippen LogP contribution in [0.1, 0.15) is 26.4 Å². The SMILES string of the molecule is Cc1ccc(/C=C/c2ccccc2/C=C/c2ccc(N(c3ccccc3)c3ccccc3)cc2)s1. The zero-order valence-electron chi connectivity index (χ0n) is 19.7. The Kier molecular flexibility index (Phi) is 7.02. The molecule has 0 aliphatic heterocycles. The maximum Gasteiger partial charge on any atom is 0.0462 e. The van der Waals surface area contributed by atoms with Gasteiger partial charge in [0.2, 0.25) is 0 Å². The third-order valence-corrected chi connectivity index (χ3v) is 6.79. The van der Waals surface area contributed by atoms with Crippen molar-refractivity contribution in [3.05, 3.63) is 148 Å². The number of hydrogen-bond acceptors (Lipinski definition) is 2. The Hall–Kier alpha value is -4.14. The van der Waals surface area contributed by atoms with E-state index in [0.29, 0.717) is 0 Å². The Morgan fingerprint density at radius 2 is 1.00 bits per heavy atom. The van der Waals surface area contributed by atoms with Crippen LogP contribution in [0.15, 0.2) is 121 Å². The Bertz CT molecular complexity index is 1390. The van der Waals surface area contributed by atoms with Crippen LogP contribution in [0.2, 0.25) is 0 Å². The van der Waals surface area contributed by atoms with E-state index in [1.54, 1.807) is 0 Å². The summed E-state index contributed by atoms with van der Waals surface area (Å²) in [5, 5.41) is 0. The number of nitrogens with zero attached hydrogens (tertiary/aromatic N) is 1. The number of aryl methyl sites for hydroxylation is 1. The zero-order chi connectivity index (χ0) is 23.9. The van der Waals surface area contributed by atoms with Crippen LogP contribution in [0.3, 0.4) is 0 Å². The molecule has 0 N–H and O–H groups in total. The van der Waals surface area contributed by atoms with Crippen molar-refractivity contribution in [3.63, 3.8) is 0 Å². The summed E-state index contributed by atoms with van der Waals surface area (Å²) in [4.78, 5) is 4.89. The van der Waals surface area contributed by atoms with E-state index in [1.807, 2.05) is 11.3 Å². The van der Waals surface area contributed by atoms with E-state index in [9.17, 15) is 0 Å². The largest absolute Gasteiger partial charge is 0.311 e. The second kappa shape index (κ2) is 10.9. The third kappa shape index (κ3) is 5.68. The predicted octanol–water partition coefficient (Wildman–Crippen LogP) is 9.87. The maximum atomic E-state index is 2.28. The van der Waals surface area contributed by atoms with Gasteiger partial charge in [-0.1, -0.05) is 91.0 Å². The molecule has 4 aromatic carbocycles. The Morgan fingerprint density at radius 3 is 1.54 bits per heavy atom. The molecule has 0 unspecified atom stereocenters. The molecule has 170 valence electrons. The van der Waals surface area contributed by atoms with E-state index in [1.165, 1.54) is 26.4 Å². The molecule has 0 atom stereocenters. The second-order valence-electron chi connectivity index (χ2n) is 8.34. The molecule has 5 aromatic rings. The van der Waals surface area contributed by atoms with E-state index >= 15 is 0 Å². The highest BCUT2D eigenvalue weighted by Crippen LogP contribution is 2.34. The molecule has 5 rings (SSSR count). The molecule has 0 radical (unpaired) electrons. The molecule has 0 aliphatic rings. The van der Waals surface area contributed by atoms with E-state index in [-0.39, 0.29) is 0 Å². The van der Waals surface area contributed by atoms with Crippen molar-refractivity contribution in [1.82, 2.24) is 0 Å². The lowest BCUT2D eigenvalue weighted by molar-refractivity contribution is 1.28. The van der Waals surface area contributed by atoms with Gasteiger partial charge in [0.15, 0.2) is 0 Å². The van der Waals surface area contributed by atoms with Gasteiger partial charge >= 0.3 is 0 Å². The molecule has 0 saturated heterocycles.